The van der Waals surface area contributed by atoms with Gasteiger partial charge < -0.3 is 4.79 Å². The second-order valence-corrected chi connectivity index (χ2v) is 4.74. The zero-order valence-electron chi connectivity index (χ0n) is 7.92. The Morgan fingerprint density at radius 3 is 2.42 bits per heavy atom. The molecule has 0 spiro atoms. The second-order valence-electron chi connectivity index (χ2n) is 4.38. The van der Waals surface area contributed by atoms with Gasteiger partial charge in [0.1, 0.15) is 6.29 Å². The molecule has 1 rings (SSSR count). The van der Waals surface area contributed by atoms with Crippen LogP contribution in [0.3, 0.4) is 0 Å². The molecular weight excluding hydrogens is 168 g/mol. The topological polar surface area (TPSA) is 17.1 Å². The predicted molar refractivity (Wildman–Crippen MR) is 54.5 cm³/mol. The molecule has 2 unspecified atom stereocenters. The van der Waals surface area contributed by atoms with Crippen molar-refractivity contribution in [3.8, 4) is 0 Å². The van der Waals surface area contributed by atoms with Crippen LogP contribution in [0.1, 0.15) is 33.1 Å². The van der Waals surface area contributed by atoms with Crippen LogP contribution in [0.5, 0.6) is 0 Å². The zero-order valence-corrected chi connectivity index (χ0v) is 8.81. The first-order valence-corrected chi connectivity index (χ1v) is 5.30. The van der Waals surface area contributed by atoms with E-state index in [2.05, 4.69) is 26.5 Å². The molecule has 0 bridgehead atoms. The van der Waals surface area contributed by atoms with Gasteiger partial charge in [0.25, 0.3) is 0 Å². The Morgan fingerprint density at radius 1 is 1.42 bits per heavy atom. The van der Waals surface area contributed by atoms with E-state index in [0.717, 1.165) is 18.5 Å². The second kappa shape index (κ2) is 3.82. The van der Waals surface area contributed by atoms with E-state index >= 15 is 0 Å². The number of hydrogen-bond donors (Lipinski definition) is 1. The normalized spacial score (nSPS) is 33.6. The molecule has 1 aliphatic carbocycles. The summed E-state index contributed by atoms with van der Waals surface area (Å²) >= 11 is 4.35. The molecule has 0 aromatic rings. The molecule has 0 amide bonds. The van der Waals surface area contributed by atoms with Crippen LogP contribution in [0.4, 0.5) is 0 Å². The molecule has 1 saturated carbocycles. The van der Waals surface area contributed by atoms with Crippen molar-refractivity contribution in [1.82, 2.24) is 0 Å². The largest absolute Gasteiger partial charge is 0.303 e. The summed E-state index contributed by atoms with van der Waals surface area (Å²) < 4.78 is 0. The van der Waals surface area contributed by atoms with Crippen molar-refractivity contribution in [1.29, 1.82) is 0 Å². The summed E-state index contributed by atoms with van der Waals surface area (Å²) in [7, 11) is 0. The Labute approximate surface area is 80.3 Å². The summed E-state index contributed by atoms with van der Waals surface area (Å²) in [5.74, 6) is 2.25. The summed E-state index contributed by atoms with van der Waals surface area (Å²) in [6.07, 6.45) is 4.25. The molecule has 0 radical (unpaired) electrons. The molecule has 2 heteroatoms. The lowest BCUT2D eigenvalue weighted by molar-refractivity contribution is -0.109. The van der Waals surface area contributed by atoms with Crippen LogP contribution in [-0.2, 0) is 4.79 Å². The minimum Gasteiger partial charge on any atom is -0.303 e. The molecular formula is C10H18OS. The van der Waals surface area contributed by atoms with Gasteiger partial charge in [0, 0.05) is 6.42 Å². The number of carbonyl (C=O) groups excluding carboxylic acids is 1. The summed E-state index contributed by atoms with van der Waals surface area (Å²) in [6, 6.07) is 0. The van der Waals surface area contributed by atoms with Gasteiger partial charge in [-0.15, -0.1) is 0 Å². The highest BCUT2D eigenvalue weighted by molar-refractivity contribution is 7.80. The predicted octanol–water partition coefficient (Wildman–Crippen LogP) is 2.56. The average molecular weight is 186 g/mol. The van der Waals surface area contributed by atoms with Gasteiger partial charge in [-0.05, 0) is 35.8 Å². The number of hydrogen-bond acceptors (Lipinski definition) is 2. The lowest BCUT2D eigenvalue weighted by Gasteiger charge is -2.31. The van der Waals surface area contributed by atoms with E-state index in [1.165, 1.54) is 12.8 Å². The molecule has 70 valence electrons. The van der Waals surface area contributed by atoms with Crippen molar-refractivity contribution < 1.29 is 4.79 Å². The Morgan fingerprint density at radius 2 is 2.00 bits per heavy atom. The Kier molecular flexibility index (Phi) is 3.22. The third kappa shape index (κ3) is 1.68. The molecule has 1 aliphatic rings. The summed E-state index contributed by atoms with van der Waals surface area (Å²) in [4.78, 5) is 10.4. The first-order chi connectivity index (χ1) is 5.62. The van der Waals surface area contributed by atoms with Gasteiger partial charge in [-0.3, -0.25) is 0 Å². The zero-order chi connectivity index (χ0) is 9.19. The number of rotatable bonds is 3. The van der Waals surface area contributed by atoms with Crippen LogP contribution in [0.25, 0.3) is 0 Å². The van der Waals surface area contributed by atoms with Gasteiger partial charge in [-0.25, -0.2) is 0 Å². The third-order valence-electron chi connectivity index (χ3n) is 3.57. The highest BCUT2D eigenvalue weighted by Crippen LogP contribution is 2.48. The van der Waals surface area contributed by atoms with Crippen LogP contribution in [0.2, 0.25) is 0 Å². The van der Waals surface area contributed by atoms with E-state index in [1.54, 1.807) is 0 Å². The summed E-state index contributed by atoms with van der Waals surface area (Å²) in [5, 5.41) is 0. The molecule has 0 aliphatic heterocycles. The Hall–Kier alpha value is 0.0200. The van der Waals surface area contributed by atoms with Gasteiger partial charge in [-0.1, -0.05) is 13.8 Å². The first-order valence-electron chi connectivity index (χ1n) is 4.67. The Balaban J connectivity index is 2.63. The molecule has 0 N–H and O–H groups in total. The summed E-state index contributed by atoms with van der Waals surface area (Å²) in [5.41, 5.74) is 0.322. The number of thiol groups is 1. The molecule has 0 aromatic heterocycles. The fourth-order valence-electron chi connectivity index (χ4n) is 2.34. The molecule has 2 atom stereocenters. The molecule has 1 nitrogen and oxygen atoms in total. The van der Waals surface area contributed by atoms with E-state index < -0.39 is 0 Å². The smallest absolute Gasteiger partial charge is 0.120 e. The SMILES string of the molecule is CC1(C)C(CS)CCC1CC=O. The lowest BCUT2D eigenvalue weighted by Crippen LogP contribution is -2.26. The minimum atomic E-state index is 0.322. The number of aldehydes is 1. The van der Waals surface area contributed by atoms with Crippen molar-refractivity contribution >= 4 is 18.9 Å². The fraction of sp³-hybridized carbons (Fsp3) is 0.900. The highest BCUT2D eigenvalue weighted by Gasteiger charge is 2.41. The maximum absolute atomic E-state index is 10.4. The van der Waals surface area contributed by atoms with Crippen LogP contribution < -0.4 is 0 Å². The van der Waals surface area contributed by atoms with Crippen LogP contribution in [0.15, 0.2) is 0 Å². The lowest BCUT2D eigenvalue weighted by atomic mass is 9.75. The maximum atomic E-state index is 10.4. The highest BCUT2D eigenvalue weighted by atomic mass is 32.1. The van der Waals surface area contributed by atoms with Crippen LogP contribution >= 0.6 is 12.6 Å². The van der Waals surface area contributed by atoms with Crippen molar-refractivity contribution in [2.75, 3.05) is 5.75 Å². The van der Waals surface area contributed by atoms with Crippen molar-refractivity contribution in [3.63, 3.8) is 0 Å². The van der Waals surface area contributed by atoms with E-state index in [1.807, 2.05) is 0 Å². The summed E-state index contributed by atoms with van der Waals surface area (Å²) in [6.45, 7) is 4.55. The van der Waals surface area contributed by atoms with Gasteiger partial charge in [0.05, 0.1) is 0 Å². The molecule has 1 fully saturated rings. The van der Waals surface area contributed by atoms with Crippen LogP contribution in [-0.4, -0.2) is 12.0 Å². The average Bonchev–Trinajstić information content (AvgIpc) is 2.28. The van der Waals surface area contributed by atoms with Gasteiger partial charge in [-0.2, -0.15) is 12.6 Å². The van der Waals surface area contributed by atoms with Crippen LogP contribution in [0, 0.1) is 17.3 Å². The fourth-order valence-corrected chi connectivity index (χ4v) is 3.00. The molecule has 12 heavy (non-hydrogen) atoms. The standard InChI is InChI=1S/C10H18OS/c1-10(2)8(5-6-11)3-4-9(10)7-12/h6,8-9,12H,3-5,7H2,1-2H3. The number of carbonyl (C=O) groups is 1. The van der Waals surface area contributed by atoms with E-state index in [-0.39, 0.29) is 0 Å². The van der Waals surface area contributed by atoms with E-state index in [9.17, 15) is 4.79 Å². The quantitative estimate of drug-likeness (QED) is 0.529. The van der Waals surface area contributed by atoms with E-state index in [4.69, 9.17) is 0 Å². The van der Waals surface area contributed by atoms with Gasteiger partial charge >= 0.3 is 0 Å². The Bertz CT molecular complexity index is 165. The van der Waals surface area contributed by atoms with E-state index in [0.29, 0.717) is 17.3 Å². The maximum Gasteiger partial charge on any atom is 0.120 e. The minimum absolute atomic E-state index is 0.322. The third-order valence-corrected chi connectivity index (χ3v) is 4.01. The van der Waals surface area contributed by atoms with Crippen molar-refractivity contribution in [3.05, 3.63) is 0 Å². The van der Waals surface area contributed by atoms with Gasteiger partial charge in [0.15, 0.2) is 0 Å². The van der Waals surface area contributed by atoms with Crippen molar-refractivity contribution in [2.24, 2.45) is 17.3 Å². The molecule has 0 saturated heterocycles. The molecule has 0 heterocycles. The van der Waals surface area contributed by atoms with Crippen molar-refractivity contribution in [2.45, 2.75) is 33.1 Å². The van der Waals surface area contributed by atoms with Gasteiger partial charge in [0.2, 0.25) is 0 Å². The monoisotopic (exact) mass is 186 g/mol. The molecule has 0 aromatic carbocycles. The first kappa shape index (κ1) is 10.1.